The molecular weight excluding hydrogens is 448 g/mol. The second-order valence-electron chi connectivity index (χ2n) is 6.84. The van der Waals surface area contributed by atoms with E-state index in [4.69, 9.17) is 0 Å². The van der Waals surface area contributed by atoms with E-state index in [2.05, 4.69) is 28.8 Å². The predicted molar refractivity (Wildman–Crippen MR) is 139 cm³/mol. The molecule has 2 N–H and O–H groups in total. The summed E-state index contributed by atoms with van der Waals surface area (Å²) in [6.45, 7) is 10.2. The Bertz CT molecular complexity index is 1220. The summed E-state index contributed by atoms with van der Waals surface area (Å²) in [5.74, 6) is -0.552. The Morgan fingerprint density at radius 3 is 2.50 bits per heavy atom. The summed E-state index contributed by atoms with van der Waals surface area (Å²) < 4.78 is 1.49. The number of rotatable bonds is 8. The van der Waals surface area contributed by atoms with Gasteiger partial charge in [-0.25, -0.2) is 4.98 Å². The summed E-state index contributed by atoms with van der Waals surface area (Å²) in [7, 11) is 0. The summed E-state index contributed by atoms with van der Waals surface area (Å²) in [6.07, 6.45) is 10.2. The van der Waals surface area contributed by atoms with E-state index < -0.39 is 0 Å². The van der Waals surface area contributed by atoms with Gasteiger partial charge >= 0.3 is 0 Å². The maximum Gasteiger partial charge on any atom is 0.263 e. The molecule has 0 aliphatic carbocycles. The van der Waals surface area contributed by atoms with Gasteiger partial charge in [0.25, 0.3) is 17.4 Å². The Kier molecular flexibility index (Phi) is 10.4. The molecule has 0 unspecified atom stereocenters. The molecule has 1 aromatic carbocycles. The fraction of sp³-hybridized carbons (Fsp3) is 0.154. The molecule has 176 valence electrons. The molecule has 0 saturated heterocycles. The lowest BCUT2D eigenvalue weighted by Gasteiger charge is -2.06. The van der Waals surface area contributed by atoms with Crippen LogP contribution in [0.25, 0.3) is 5.69 Å². The highest BCUT2D eigenvalue weighted by molar-refractivity contribution is 7.17. The quantitative estimate of drug-likeness (QED) is 0.274. The van der Waals surface area contributed by atoms with Crippen molar-refractivity contribution in [2.24, 2.45) is 0 Å². The standard InChI is InChI=1S/C24H24N4O3S.C2H4/c1-3-4-5-6-8-15-25-23(31)21-17(2)26-24(32-21)27-22(30)18-11-13-19(14-12-18)28-16-9-7-10-20(28)29;1-2/h3-7,9-14,16H,8,15H2,1-2H3,(H,25,31)(H,26,27,30);1-2H2/b4-3-,6-5-;. The minimum absolute atomic E-state index is 0.150. The van der Waals surface area contributed by atoms with Crippen LogP contribution in [-0.2, 0) is 0 Å². The smallest absolute Gasteiger partial charge is 0.263 e. The highest BCUT2D eigenvalue weighted by Crippen LogP contribution is 2.23. The molecule has 0 spiro atoms. The number of aromatic nitrogens is 2. The first kappa shape index (κ1) is 26.2. The van der Waals surface area contributed by atoms with Crippen LogP contribution in [0.5, 0.6) is 0 Å². The summed E-state index contributed by atoms with van der Waals surface area (Å²) in [5, 5.41) is 5.95. The minimum Gasteiger partial charge on any atom is -0.351 e. The van der Waals surface area contributed by atoms with Gasteiger partial charge in [-0.05, 0) is 50.6 Å². The van der Waals surface area contributed by atoms with Crippen LogP contribution >= 0.6 is 11.3 Å². The molecule has 0 atom stereocenters. The van der Waals surface area contributed by atoms with Gasteiger partial charge in [0, 0.05) is 30.1 Å². The molecule has 0 saturated carbocycles. The second kappa shape index (κ2) is 13.5. The molecule has 8 heteroatoms. The zero-order chi connectivity index (χ0) is 24.9. The topological polar surface area (TPSA) is 93.1 Å². The highest BCUT2D eigenvalue weighted by Gasteiger charge is 2.17. The largest absolute Gasteiger partial charge is 0.351 e. The monoisotopic (exact) mass is 476 g/mol. The Hall–Kier alpha value is -4.04. The number of pyridine rings is 1. The van der Waals surface area contributed by atoms with Crippen molar-refractivity contribution in [3.8, 4) is 5.69 Å². The summed E-state index contributed by atoms with van der Waals surface area (Å²) >= 11 is 1.13. The third-order valence-corrected chi connectivity index (χ3v) is 5.56. The van der Waals surface area contributed by atoms with Gasteiger partial charge < -0.3 is 5.32 Å². The Labute approximate surface area is 203 Å². The number of hydrogen-bond donors (Lipinski definition) is 2. The first-order valence-corrected chi connectivity index (χ1v) is 11.4. The lowest BCUT2D eigenvalue weighted by molar-refractivity contribution is 0.0956. The van der Waals surface area contributed by atoms with Gasteiger partial charge in [-0.15, -0.1) is 13.2 Å². The maximum atomic E-state index is 12.6. The number of amides is 2. The Balaban J connectivity index is 0.00000199. The maximum absolute atomic E-state index is 12.6. The number of anilines is 1. The van der Waals surface area contributed by atoms with Crippen LogP contribution in [0.4, 0.5) is 5.13 Å². The van der Waals surface area contributed by atoms with Gasteiger partial charge in [0.2, 0.25) is 0 Å². The number of nitrogens with zero attached hydrogens (tertiary/aromatic N) is 2. The highest BCUT2D eigenvalue weighted by atomic mass is 32.1. The average molecular weight is 477 g/mol. The van der Waals surface area contributed by atoms with Gasteiger partial charge in [0.05, 0.1) is 5.69 Å². The molecule has 2 aromatic heterocycles. The number of benzene rings is 1. The summed E-state index contributed by atoms with van der Waals surface area (Å²) in [6, 6.07) is 11.6. The van der Waals surface area contributed by atoms with Gasteiger partial charge in [0.1, 0.15) is 4.88 Å². The van der Waals surface area contributed by atoms with Crippen molar-refractivity contribution >= 4 is 28.3 Å². The summed E-state index contributed by atoms with van der Waals surface area (Å²) in [5.41, 5.74) is 1.50. The van der Waals surface area contributed by atoms with E-state index in [1.165, 1.54) is 10.6 Å². The Morgan fingerprint density at radius 1 is 1.09 bits per heavy atom. The van der Waals surface area contributed by atoms with Crippen LogP contribution in [0.2, 0.25) is 0 Å². The third kappa shape index (κ3) is 7.25. The van der Waals surface area contributed by atoms with Crippen LogP contribution < -0.4 is 16.2 Å². The van der Waals surface area contributed by atoms with Gasteiger partial charge in [-0.2, -0.15) is 0 Å². The number of hydrogen-bond acceptors (Lipinski definition) is 5. The fourth-order valence-corrected chi connectivity index (χ4v) is 3.76. The minimum atomic E-state index is -0.341. The number of aryl methyl sites for hydroxylation is 1. The van der Waals surface area contributed by atoms with Gasteiger partial charge in [-0.3, -0.25) is 24.3 Å². The van der Waals surface area contributed by atoms with Crippen molar-refractivity contribution < 1.29 is 9.59 Å². The molecule has 0 bridgehead atoms. The molecule has 2 amide bonds. The van der Waals surface area contributed by atoms with E-state index in [1.54, 1.807) is 49.5 Å². The van der Waals surface area contributed by atoms with Crippen molar-refractivity contribution in [1.82, 2.24) is 14.9 Å². The van der Waals surface area contributed by atoms with Gasteiger partial charge in [0.15, 0.2) is 5.13 Å². The number of carbonyl (C=O) groups excluding carboxylic acids is 2. The lowest BCUT2D eigenvalue weighted by atomic mass is 10.2. The molecule has 34 heavy (non-hydrogen) atoms. The number of nitrogens with one attached hydrogen (secondary N) is 2. The summed E-state index contributed by atoms with van der Waals surface area (Å²) in [4.78, 5) is 41.7. The molecule has 0 radical (unpaired) electrons. The molecule has 0 fully saturated rings. The van der Waals surface area contributed by atoms with Crippen molar-refractivity contribution in [3.63, 3.8) is 0 Å². The first-order valence-electron chi connectivity index (χ1n) is 10.6. The number of thiazole rings is 1. The van der Waals surface area contributed by atoms with E-state index in [-0.39, 0.29) is 17.4 Å². The van der Waals surface area contributed by atoms with E-state index in [0.717, 1.165) is 17.8 Å². The van der Waals surface area contributed by atoms with Crippen LogP contribution in [0.15, 0.2) is 90.9 Å². The molecule has 0 aliphatic rings. The molecule has 2 heterocycles. The molecule has 3 rings (SSSR count). The van der Waals surface area contributed by atoms with Crippen LogP contribution in [0.1, 0.15) is 39.1 Å². The van der Waals surface area contributed by atoms with Crippen molar-refractivity contribution in [3.05, 3.63) is 113 Å². The molecular formula is C26H28N4O3S. The van der Waals surface area contributed by atoms with Crippen molar-refractivity contribution in [1.29, 1.82) is 0 Å². The van der Waals surface area contributed by atoms with E-state index in [1.807, 2.05) is 31.2 Å². The molecule has 7 nitrogen and oxygen atoms in total. The van der Waals surface area contributed by atoms with E-state index >= 15 is 0 Å². The fourth-order valence-electron chi connectivity index (χ4n) is 2.88. The van der Waals surface area contributed by atoms with E-state index in [9.17, 15) is 14.4 Å². The zero-order valence-corrected chi connectivity index (χ0v) is 20.1. The lowest BCUT2D eigenvalue weighted by Crippen LogP contribution is -2.23. The molecule has 3 aromatic rings. The SMILES string of the molecule is C/C=C\C=C/CCNC(=O)c1sc(NC(=O)c2ccc(-n3ccccc3=O)cc2)nc1C.C=C. The first-order chi connectivity index (χ1) is 16.5. The molecule has 0 aliphatic heterocycles. The number of allylic oxidation sites excluding steroid dienone is 3. The second-order valence-corrected chi connectivity index (χ2v) is 7.84. The van der Waals surface area contributed by atoms with Crippen LogP contribution in [0, 0.1) is 6.92 Å². The van der Waals surface area contributed by atoms with Gasteiger partial charge in [-0.1, -0.05) is 41.7 Å². The van der Waals surface area contributed by atoms with Crippen LogP contribution in [0.3, 0.4) is 0 Å². The normalized spacial score (nSPS) is 10.6. The average Bonchev–Trinajstić information content (AvgIpc) is 3.22. The Morgan fingerprint density at radius 2 is 1.82 bits per heavy atom. The third-order valence-electron chi connectivity index (χ3n) is 4.49. The zero-order valence-electron chi connectivity index (χ0n) is 19.3. The van der Waals surface area contributed by atoms with Crippen LogP contribution in [-0.4, -0.2) is 27.9 Å². The predicted octanol–water partition coefficient (Wildman–Crippen LogP) is 4.91. The van der Waals surface area contributed by atoms with Crippen molar-refractivity contribution in [2.45, 2.75) is 20.3 Å². The van der Waals surface area contributed by atoms with Crippen molar-refractivity contribution in [2.75, 3.05) is 11.9 Å². The van der Waals surface area contributed by atoms with E-state index in [0.29, 0.717) is 33.5 Å². The number of carbonyl (C=O) groups is 2.